The van der Waals surface area contributed by atoms with Crippen LogP contribution in [0.5, 0.6) is 0 Å². The van der Waals surface area contributed by atoms with Crippen LogP contribution in [0.3, 0.4) is 0 Å². The number of nitrogens with one attached hydrogen (secondary N) is 2. The molecule has 0 radical (unpaired) electrons. The van der Waals surface area contributed by atoms with E-state index in [4.69, 9.17) is 14.5 Å². The lowest BCUT2D eigenvalue weighted by atomic mass is 10.2. The highest BCUT2D eigenvalue weighted by atomic mass is 127. The summed E-state index contributed by atoms with van der Waals surface area (Å²) in [6.07, 6.45) is 3.28. The van der Waals surface area contributed by atoms with E-state index in [1.54, 1.807) is 0 Å². The van der Waals surface area contributed by atoms with E-state index in [1.807, 2.05) is 6.20 Å². The number of aliphatic imine (C=N–C) groups is 1. The second kappa shape index (κ2) is 14.0. The summed E-state index contributed by atoms with van der Waals surface area (Å²) in [6.45, 7) is 14.0. The van der Waals surface area contributed by atoms with Crippen LogP contribution in [0.15, 0.2) is 23.3 Å². The predicted octanol–water partition coefficient (Wildman–Crippen LogP) is 1.70. The summed E-state index contributed by atoms with van der Waals surface area (Å²) in [5.74, 6) is 1.88. The van der Waals surface area contributed by atoms with Gasteiger partial charge in [-0.15, -0.1) is 24.0 Å². The molecule has 2 aliphatic rings. The van der Waals surface area contributed by atoms with Crippen LogP contribution in [-0.2, 0) is 16.0 Å². The van der Waals surface area contributed by atoms with Crippen molar-refractivity contribution in [3.05, 3.63) is 23.9 Å². The number of halogens is 1. The predicted molar refractivity (Wildman–Crippen MR) is 132 cm³/mol. The molecular weight excluding hydrogens is 495 g/mol. The molecule has 0 saturated carbocycles. The van der Waals surface area contributed by atoms with Crippen molar-refractivity contribution in [1.82, 2.24) is 20.5 Å². The molecule has 9 heteroatoms. The van der Waals surface area contributed by atoms with Crippen molar-refractivity contribution in [2.45, 2.75) is 32.9 Å². The van der Waals surface area contributed by atoms with Crippen LogP contribution < -0.4 is 15.5 Å². The maximum absolute atomic E-state index is 5.61. The highest BCUT2D eigenvalue weighted by Crippen LogP contribution is 2.15. The van der Waals surface area contributed by atoms with E-state index in [9.17, 15) is 0 Å². The van der Waals surface area contributed by atoms with Gasteiger partial charge in [-0.3, -0.25) is 4.90 Å². The molecule has 1 aromatic rings. The normalized spacial score (nSPS) is 20.5. The topological polar surface area (TPSA) is 74.2 Å². The number of rotatable bonds is 8. The minimum atomic E-state index is 0. The molecule has 2 fully saturated rings. The molecule has 1 unspecified atom stereocenters. The van der Waals surface area contributed by atoms with E-state index in [-0.39, 0.29) is 30.1 Å². The molecule has 30 heavy (non-hydrogen) atoms. The summed E-state index contributed by atoms with van der Waals surface area (Å²) < 4.78 is 11.0. The monoisotopic (exact) mass is 532 g/mol. The van der Waals surface area contributed by atoms with Crippen LogP contribution in [0.2, 0.25) is 0 Å². The third kappa shape index (κ3) is 8.52. The number of ether oxygens (including phenoxy) is 2. The molecular formula is C21H37IN6O2. The Morgan fingerprint density at radius 1 is 1.20 bits per heavy atom. The molecule has 8 nitrogen and oxygen atoms in total. The van der Waals surface area contributed by atoms with Gasteiger partial charge in [0.1, 0.15) is 5.82 Å². The molecule has 2 aliphatic heterocycles. The van der Waals surface area contributed by atoms with Crippen LogP contribution >= 0.6 is 24.0 Å². The lowest BCUT2D eigenvalue weighted by molar-refractivity contribution is 0.0376. The zero-order valence-corrected chi connectivity index (χ0v) is 20.6. The van der Waals surface area contributed by atoms with Crippen molar-refractivity contribution < 1.29 is 9.47 Å². The Kier molecular flexibility index (Phi) is 11.7. The van der Waals surface area contributed by atoms with Gasteiger partial charge in [-0.05, 0) is 38.4 Å². The van der Waals surface area contributed by atoms with Crippen molar-refractivity contribution in [2.24, 2.45) is 4.99 Å². The summed E-state index contributed by atoms with van der Waals surface area (Å²) >= 11 is 0. The first-order valence-electron chi connectivity index (χ1n) is 10.9. The van der Waals surface area contributed by atoms with Gasteiger partial charge in [0, 0.05) is 45.5 Å². The Morgan fingerprint density at radius 2 is 2.03 bits per heavy atom. The third-order valence-electron chi connectivity index (χ3n) is 5.19. The van der Waals surface area contributed by atoms with E-state index in [0.29, 0.717) is 6.54 Å². The lowest BCUT2D eigenvalue weighted by Gasteiger charge is -2.32. The molecule has 0 bridgehead atoms. The van der Waals surface area contributed by atoms with E-state index >= 15 is 0 Å². The number of morpholine rings is 2. The van der Waals surface area contributed by atoms with E-state index in [1.165, 1.54) is 0 Å². The quantitative estimate of drug-likeness (QED) is 0.229. The minimum absolute atomic E-state index is 0. The molecule has 0 amide bonds. The van der Waals surface area contributed by atoms with E-state index in [0.717, 1.165) is 89.4 Å². The standard InChI is InChI=1S/C21H36N6O2.HI/c1-3-22-21(23-7-4-8-26-9-12-28-13-10-26)25-16-19-5-6-20(24-15-19)27-11-14-29-18(2)17-27;/h5-6,15,18H,3-4,7-14,16-17H2,1-2H3,(H2,22,23,25);1H. The Balaban J connectivity index is 0.00000320. The van der Waals surface area contributed by atoms with Gasteiger partial charge in [0.2, 0.25) is 0 Å². The number of hydrogen-bond acceptors (Lipinski definition) is 6. The van der Waals surface area contributed by atoms with Crippen LogP contribution in [-0.4, -0.2) is 87.6 Å². The first-order chi connectivity index (χ1) is 14.2. The fourth-order valence-electron chi connectivity index (χ4n) is 3.57. The van der Waals surface area contributed by atoms with Crippen LogP contribution in [0.25, 0.3) is 0 Å². The second-order valence-corrected chi connectivity index (χ2v) is 7.58. The van der Waals surface area contributed by atoms with Crippen LogP contribution in [0.4, 0.5) is 5.82 Å². The maximum Gasteiger partial charge on any atom is 0.191 e. The zero-order valence-electron chi connectivity index (χ0n) is 18.3. The summed E-state index contributed by atoms with van der Waals surface area (Å²) in [5, 5.41) is 6.76. The minimum Gasteiger partial charge on any atom is -0.379 e. The number of guanidine groups is 1. The molecule has 3 rings (SSSR count). The van der Waals surface area contributed by atoms with Gasteiger partial charge in [0.25, 0.3) is 0 Å². The van der Waals surface area contributed by atoms with Crippen LogP contribution in [0.1, 0.15) is 25.8 Å². The molecule has 3 heterocycles. The molecule has 0 spiro atoms. The summed E-state index contributed by atoms with van der Waals surface area (Å²) in [6, 6.07) is 4.21. The summed E-state index contributed by atoms with van der Waals surface area (Å²) in [5.41, 5.74) is 1.11. The zero-order chi connectivity index (χ0) is 20.3. The Morgan fingerprint density at radius 3 is 2.73 bits per heavy atom. The van der Waals surface area contributed by atoms with Crippen molar-refractivity contribution in [3.63, 3.8) is 0 Å². The average Bonchev–Trinajstić information content (AvgIpc) is 2.76. The lowest BCUT2D eigenvalue weighted by Crippen LogP contribution is -2.41. The number of nitrogens with zero attached hydrogens (tertiary/aromatic N) is 4. The average molecular weight is 532 g/mol. The fourth-order valence-corrected chi connectivity index (χ4v) is 3.57. The first kappa shape index (κ1) is 25.1. The number of hydrogen-bond donors (Lipinski definition) is 2. The van der Waals surface area contributed by atoms with Crippen molar-refractivity contribution >= 4 is 35.8 Å². The van der Waals surface area contributed by atoms with Crippen molar-refractivity contribution in [3.8, 4) is 0 Å². The van der Waals surface area contributed by atoms with Crippen molar-refractivity contribution in [1.29, 1.82) is 0 Å². The highest BCUT2D eigenvalue weighted by molar-refractivity contribution is 14.0. The van der Waals surface area contributed by atoms with Crippen molar-refractivity contribution in [2.75, 3.05) is 70.5 Å². The largest absolute Gasteiger partial charge is 0.379 e. The van der Waals surface area contributed by atoms with E-state index in [2.05, 4.69) is 51.4 Å². The SMILES string of the molecule is CCNC(=NCc1ccc(N2CCOC(C)C2)nc1)NCCCN1CCOCC1.I. The van der Waals surface area contributed by atoms with Gasteiger partial charge in [-0.2, -0.15) is 0 Å². The van der Waals surface area contributed by atoms with Gasteiger partial charge in [0.05, 0.1) is 32.5 Å². The van der Waals surface area contributed by atoms with Gasteiger partial charge in [-0.25, -0.2) is 9.98 Å². The van der Waals surface area contributed by atoms with Crippen LogP contribution in [0, 0.1) is 0 Å². The number of pyridine rings is 1. The third-order valence-corrected chi connectivity index (χ3v) is 5.19. The second-order valence-electron chi connectivity index (χ2n) is 7.58. The molecule has 2 N–H and O–H groups in total. The Hall–Kier alpha value is -1.17. The maximum atomic E-state index is 5.61. The van der Waals surface area contributed by atoms with Gasteiger partial charge in [0.15, 0.2) is 5.96 Å². The molecule has 2 saturated heterocycles. The molecule has 0 aliphatic carbocycles. The number of aromatic nitrogens is 1. The smallest absolute Gasteiger partial charge is 0.191 e. The number of anilines is 1. The molecule has 1 aromatic heterocycles. The highest BCUT2D eigenvalue weighted by Gasteiger charge is 2.17. The Labute approximate surface area is 197 Å². The van der Waals surface area contributed by atoms with Gasteiger partial charge < -0.3 is 25.0 Å². The fraction of sp³-hybridized carbons (Fsp3) is 0.714. The molecule has 1 atom stereocenters. The summed E-state index contributed by atoms with van der Waals surface area (Å²) in [4.78, 5) is 14.1. The first-order valence-corrected chi connectivity index (χ1v) is 10.9. The van der Waals surface area contributed by atoms with Gasteiger partial charge in [-0.1, -0.05) is 6.07 Å². The molecule has 170 valence electrons. The molecule has 0 aromatic carbocycles. The summed E-state index contributed by atoms with van der Waals surface area (Å²) in [7, 11) is 0. The van der Waals surface area contributed by atoms with Gasteiger partial charge >= 0.3 is 0 Å². The van der Waals surface area contributed by atoms with E-state index < -0.39 is 0 Å². The Bertz CT molecular complexity index is 624.